The van der Waals surface area contributed by atoms with Crippen LogP contribution in [0.4, 0.5) is 5.69 Å². The van der Waals surface area contributed by atoms with Gasteiger partial charge in [0, 0.05) is 23.9 Å². The third-order valence-corrected chi connectivity index (χ3v) is 4.50. The predicted octanol–water partition coefficient (Wildman–Crippen LogP) is 4.24. The van der Waals surface area contributed by atoms with Crippen molar-refractivity contribution in [1.29, 1.82) is 5.26 Å². The fourth-order valence-electron chi connectivity index (χ4n) is 3.03. The first-order valence-electron chi connectivity index (χ1n) is 8.85. The number of nitrogens with zero attached hydrogens (tertiary/aromatic N) is 2. The van der Waals surface area contributed by atoms with E-state index in [1.807, 2.05) is 19.1 Å². The van der Waals surface area contributed by atoms with Crippen LogP contribution >= 0.6 is 0 Å². The van der Waals surface area contributed by atoms with E-state index in [4.69, 9.17) is 14.7 Å². The molecule has 1 aromatic heterocycles. The molecule has 1 aliphatic heterocycles. The minimum atomic E-state index is -0.178. The number of hydrogen-bond donors (Lipinski definition) is 1. The minimum absolute atomic E-state index is 0.178. The quantitative estimate of drug-likeness (QED) is 0.741. The van der Waals surface area contributed by atoms with Gasteiger partial charge < -0.3 is 14.8 Å². The summed E-state index contributed by atoms with van der Waals surface area (Å²) in [5.74, 6) is 1.46. The Morgan fingerprint density at radius 2 is 2.14 bits per heavy atom. The van der Waals surface area contributed by atoms with Gasteiger partial charge in [0.2, 0.25) is 5.88 Å². The van der Waals surface area contributed by atoms with Gasteiger partial charge in [0.05, 0.1) is 6.61 Å². The maximum Gasteiger partial charge on any atom is 0.255 e. The summed E-state index contributed by atoms with van der Waals surface area (Å²) >= 11 is 0. The number of carbonyl (C=O) groups excluding carboxylic acids is 1. The zero-order chi connectivity index (χ0) is 19.5. The first-order chi connectivity index (χ1) is 13.6. The number of nitriles is 1. The van der Waals surface area contributed by atoms with Gasteiger partial charge >= 0.3 is 0 Å². The Morgan fingerprint density at radius 1 is 1.25 bits per heavy atom. The molecule has 0 aliphatic carbocycles. The molecule has 0 bridgehead atoms. The van der Waals surface area contributed by atoms with E-state index in [1.54, 1.807) is 42.6 Å². The van der Waals surface area contributed by atoms with E-state index in [9.17, 15) is 4.79 Å². The zero-order valence-electron chi connectivity index (χ0n) is 15.2. The average Bonchev–Trinajstić information content (AvgIpc) is 3.18. The van der Waals surface area contributed by atoms with Crippen molar-refractivity contribution >= 4 is 11.6 Å². The van der Waals surface area contributed by atoms with E-state index in [2.05, 4.69) is 16.4 Å². The lowest BCUT2D eigenvalue weighted by molar-refractivity contribution is 0.102. The van der Waals surface area contributed by atoms with Crippen molar-refractivity contribution < 1.29 is 14.3 Å². The monoisotopic (exact) mass is 371 g/mol. The lowest BCUT2D eigenvalue weighted by atomic mass is 10.1. The highest BCUT2D eigenvalue weighted by Crippen LogP contribution is 2.28. The van der Waals surface area contributed by atoms with Gasteiger partial charge in [-0.15, -0.1) is 0 Å². The number of carbonyl (C=O) groups is 1. The molecule has 0 fully saturated rings. The first kappa shape index (κ1) is 17.6. The summed E-state index contributed by atoms with van der Waals surface area (Å²) in [7, 11) is 0. The fourth-order valence-corrected chi connectivity index (χ4v) is 3.03. The molecule has 2 heterocycles. The van der Waals surface area contributed by atoms with Crippen LogP contribution in [0.3, 0.4) is 0 Å². The number of amides is 1. The van der Waals surface area contributed by atoms with E-state index in [-0.39, 0.29) is 11.8 Å². The van der Waals surface area contributed by atoms with Crippen LogP contribution in [0, 0.1) is 18.3 Å². The van der Waals surface area contributed by atoms with Crippen molar-refractivity contribution in [2.24, 2.45) is 0 Å². The molecule has 1 N–H and O–H groups in total. The molecule has 138 valence electrons. The maximum atomic E-state index is 12.6. The van der Waals surface area contributed by atoms with Gasteiger partial charge in [-0.05, 0) is 66.6 Å². The summed E-state index contributed by atoms with van der Waals surface area (Å²) in [6.45, 7) is 2.54. The molecule has 6 heteroatoms. The Labute approximate surface area is 162 Å². The molecule has 4 rings (SSSR count). The smallest absolute Gasteiger partial charge is 0.255 e. The number of pyridine rings is 1. The number of benzene rings is 2. The van der Waals surface area contributed by atoms with Crippen LogP contribution in [-0.4, -0.2) is 17.5 Å². The van der Waals surface area contributed by atoms with Crippen LogP contribution in [0.15, 0.2) is 54.7 Å². The summed E-state index contributed by atoms with van der Waals surface area (Å²) in [5, 5.41) is 12.1. The summed E-state index contributed by atoms with van der Waals surface area (Å²) in [6.07, 6.45) is 2.39. The average molecular weight is 371 g/mol. The van der Waals surface area contributed by atoms with Gasteiger partial charge in [-0.2, -0.15) is 5.26 Å². The topological polar surface area (TPSA) is 84.2 Å². The van der Waals surface area contributed by atoms with E-state index >= 15 is 0 Å². The summed E-state index contributed by atoms with van der Waals surface area (Å²) in [4.78, 5) is 16.7. The van der Waals surface area contributed by atoms with Crippen molar-refractivity contribution in [2.45, 2.75) is 13.3 Å². The van der Waals surface area contributed by atoms with Gasteiger partial charge in [0.1, 0.15) is 23.1 Å². The molecule has 28 heavy (non-hydrogen) atoms. The van der Waals surface area contributed by atoms with Crippen LogP contribution in [0.25, 0.3) is 0 Å². The highest BCUT2D eigenvalue weighted by atomic mass is 16.5. The lowest BCUT2D eigenvalue weighted by Crippen LogP contribution is -2.13. The molecule has 0 atom stereocenters. The van der Waals surface area contributed by atoms with Crippen molar-refractivity contribution in [3.63, 3.8) is 0 Å². The van der Waals surface area contributed by atoms with Crippen LogP contribution in [0.2, 0.25) is 0 Å². The maximum absolute atomic E-state index is 12.6. The Bertz CT molecular complexity index is 1100. The molecule has 2 aromatic carbocycles. The molecule has 6 nitrogen and oxygen atoms in total. The molecule has 0 unspecified atom stereocenters. The molecule has 0 saturated heterocycles. The number of rotatable bonds is 4. The summed E-state index contributed by atoms with van der Waals surface area (Å²) in [6, 6.07) is 16.1. The highest BCUT2D eigenvalue weighted by Gasteiger charge is 2.16. The van der Waals surface area contributed by atoms with Gasteiger partial charge in [-0.25, -0.2) is 4.98 Å². The van der Waals surface area contributed by atoms with Crippen LogP contribution < -0.4 is 14.8 Å². The lowest BCUT2D eigenvalue weighted by Gasteiger charge is -2.12. The number of aryl methyl sites for hydroxylation is 1. The molecule has 1 amide bonds. The third-order valence-electron chi connectivity index (χ3n) is 4.50. The van der Waals surface area contributed by atoms with Crippen molar-refractivity contribution in [3.8, 4) is 23.4 Å². The van der Waals surface area contributed by atoms with Crippen molar-refractivity contribution in [2.75, 3.05) is 11.9 Å². The molecule has 1 aliphatic rings. The normalized spacial score (nSPS) is 11.9. The number of ether oxygens (including phenoxy) is 2. The van der Waals surface area contributed by atoms with Gasteiger partial charge in [-0.3, -0.25) is 4.79 Å². The number of anilines is 1. The Hall–Kier alpha value is -3.85. The van der Waals surface area contributed by atoms with E-state index in [0.29, 0.717) is 29.2 Å². The first-order valence-corrected chi connectivity index (χ1v) is 8.85. The predicted molar refractivity (Wildman–Crippen MR) is 104 cm³/mol. The van der Waals surface area contributed by atoms with Gasteiger partial charge in [0.25, 0.3) is 5.91 Å². The second kappa shape index (κ2) is 7.41. The molecular formula is C22H17N3O3. The minimum Gasteiger partial charge on any atom is -0.493 e. The number of aromatic nitrogens is 1. The fraction of sp³-hybridized carbons (Fsp3) is 0.136. The third kappa shape index (κ3) is 3.51. The molecule has 0 radical (unpaired) electrons. The molecule has 0 spiro atoms. The second-order valence-corrected chi connectivity index (χ2v) is 6.42. The number of hydrogen-bond acceptors (Lipinski definition) is 5. The largest absolute Gasteiger partial charge is 0.493 e. The number of fused-ring (bicyclic) bond motifs is 1. The van der Waals surface area contributed by atoms with Crippen LogP contribution in [0.5, 0.6) is 17.4 Å². The van der Waals surface area contributed by atoms with Gasteiger partial charge in [0.15, 0.2) is 0 Å². The highest BCUT2D eigenvalue weighted by molar-refractivity contribution is 6.05. The molecular weight excluding hydrogens is 354 g/mol. The molecule has 0 saturated carbocycles. The van der Waals surface area contributed by atoms with Crippen LogP contribution in [0.1, 0.15) is 27.0 Å². The SMILES string of the molecule is Cc1cc(Oc2ncccc2C#N)ccc1NC(=O)c1ccc2c(c1)CCO2. The Kier molecular flexibility index (Phi) is 4.65. The number of nitrogens with one attached hydrogen (secondary N) is 1. The summed E-state index contributed by atoms with van der Waals surface area (Å²) in [5.41, 5.74) is 3.53. The van der Waals surface area contributed by atoms with Crippen molar-refractivity contribution in [1.82, 2.24) is 4.98 Å². The van der Waals surface area contributed by atoms with Crippen LogP contribution in [-0.2, 0) is 6.42 Å². The Balaban J connectivity index is 1.50. The van der Waals surface area contributed by atoms with E-state index in [1.165, 1.54) is 0 Å². The van der Waals surface area contributed by atoms with E-state index < -0.39 is 0 Å². The molecule has 3 aromatic rings. The van der Waals surface area contributed by atoms with Gasteiger partial charge in [-0.1, -0.05) is 0 Å². The zero-order valence-corrected chi connectivity index (χ0v) is 15.2. The standard InChI is InChI=1S/C22H17N3O3/c1-14-11-18(28-22-17(13-23)3-2-9-24-22)5-6-19(14)25-21(26)16-4-7-20-15(12-16)8-10-27-20/h2-7,9,11-12H,8,10H2,1H3,(H,25,26). The summed E-state index contributed by atoms with van der Waals surface area (Å²) < 4.78 is 11.2. The van der Waals surface area contributed by atoms with E-state index in [0.717, 1.165) is 23.3 Å². The second-order valence-electron chi connectivity index (χ2n) is 6.42. The Morgan fingerprint density at radius 3 is 2.96 bits per heavy atom. The van der Waals surface area contributed by atoms with Crippen molar-refractivity contribution in [3.05, 3.63) is 77.0 Å².